The summed E-state index contributed by atoms with van der Waals surface area (Å²) in [4.78, 5) is 22.9. The Kier molecular flexibility index (Phi) is 6.54. The Hall–Kier alpha value is -1.70. The van der Waals surface area contributed by atoms with Crippen molar-refractivity contribution >= 4 is 29.9 Å². The third-order valence-corrected chi connectivity index (χ3v) is 2.96. The second kappa shape index (κ2) is 7.92. The summed E-state index contributed by atoms with van der Waals surface area (Å²) in [5.74, 6) is -1.65. The highest BCUT2D eigenvalue weighted by atomic mass is 35.5. The first-order chi connectivity index (χ1) is 9.56. The van der Waals surface area contributed by atoms with Crippen molar-refractivity contribution in [3.8, 4) is 0 Å². The first-order valence-electron chi connectivity index (χ1n) is 6.26. The Morgan fingerprint density at radius 2 is 2.24 bits per heavy atom. The molecule has 0 spiro atoms. The van der Waals surface area contributed by atoms with Gasteiger partial charge >= 0.3 is 0 Å². The molecule has 116 valence electrons. The van der Waals surface area contributed by atoms with Crippen molar-refractivity contribution in [2.45, 2.75) is 12.5 Å². The zero-order chi connectivity index (χ0) is 14.5. The number of hydrogen-bond acceptors (Lipinski definition) is 4. The summed E-state index contributed by atoms with van der Waals surface area (Å²) in [6.07, 6.45) is 0.167. The number of nitrogens with one attached hydrogen (secondary N) is 2. The minimum atomic E-state index is -0.678. The monoisotopic (exact) mass is 317 g/mol. The van der Waals surface area contributed by atoms with Gasteiger partial charge in [0.15, 0.2) is 0 Å². The average molecular weight is 318 g/mol. The van der Waals surface area contributed by atoms with Gasteiger partial charge in [0, 0.05) is 24.6 Å². The van der Waals surface area contributed by atoms with Crippen molar-refractivity contribution in [1.29, 1.82) is 0 Å². The summed E-state index contributed by atoms with van der Waals surface area (Å²) >= 11 is 0. The van der Waals surface area contributed by atoms with E-state index in [2.05, 4.69) is 10.6 Å². The Labute approximate surface area is 127 Å². The molecule has 1 unspecified atom stereocenters. The lowest BCUT2D eigenvalue weighted by molar-refractivity contribution is -0.117. The molecule has 0 saturated carbocycles. The quantitative estimate of drug-likeness (QED) is 0.760. The number of nitrogens with two attached hydrogens (primary N) is 1. The molecule has 1 heterocycles. The topological polar surface area (TPSA) is 93.5 Å². The normalized spacial score (nSPS) is 17.7. The van der Waals surface area contributed by atoms with Crippen LogP contribution >= 0.6 is 12.4 Å². The van der Waals surface area contributed by atoms with E-state index >= 15 is 0 Å². The van der Waals surface area contributed by atoms with E-state index in [4.69, 9.17) is 10.5 Å². The minimum Gasteiger partial charge on any atom is -0.378 e. The number of rotatable bonds is 4. The van der Waals surface area contributed by atoms with Gasteiger partial charge in [0.05, 0.1) is 18.9 Å². The van der Waals surface area contributed by atoms with Gasteiger partial charge in [-0.15, -0.1) is 12.4 Å². The summed E-state index contributed by atoms with van der Waals surface area (Å²) in [6, 6.07) is 3.49. The first kappa shape index (κ1) is 17.4. The van der Waals surface area contributed by atoms with Gasteiger partial charge in [0.1, 0.15) is 5.82 Å². The van der Waals surface area contributed by atoms with Gasteiger partial charge in [-0.05, 0) is 18.2 Å². The molecule has 1 aromatic carbocycles. The highest BCUT2D eigenvalue weighted by molar-refractivity contribution is 5.96. The van der Waals surface area contributed by atoms with Crippen molar-refractivity contribution in [2.75, 3.05) is 25.1 Å². The maximum absolute atomic E-state index is 13.6. The number of halogens is 2. The van der Waals surface area contributed by atoms with Crippen LogP contribution in [0.1, 0.15) is 16.8 Å². The number of carbonyl (C=O) groups is 2. The summed E-state index contributed by atoms with van der Waals surface area (Å²) < 4.78 is 18.8. The van der Waals surface area contributed by atoms with E-state index in [1.165, 1.54) is 12.1 Å². The number of anilines is 1. The van der Waals surface area contributed by atoms with Gasteiger partial charge in [0.2, 0.25) is 11.8 Å². The van der Waals surface area contributed by atoms with Crippen LogP contribution in [0, 0.1) is 5.82 Å². The zero-order valence-corrected chi connectivity index (χ0v) is 12.0. The van der Waals surface area contributed by atoms with Crippen molar-refractivity contribution < 1.29 is 18.7 Å². The lowest BCUT2D eigenvalue weighted by Crippen LogP contribution is -2.43. The standard InChI is InChI=1S/C13H16FN3O3.ClH/c14-10-2-1-8(13(15)19)5-11(10)17-12(18)6-9-7-20-4-3-16-9;/h1-2,5,9,16H,3-4,6-7H2,(H2,15,19)(H,17,18);1H. The number of benzene rings is 1. The maximum atomic E-state index is 13.6. The molecular weight excluding hydrogens is 301 g/mol. The summed E-state index contributed by atoms with van der Waals surface area (Å²) in [6.45, 7) is 1.74. The van der Waals surface area contributed by atoms with Crippen molar-refractivity contribution in [3.63, 3.8) is 0 Å². The van der Waals surface area contributed by atoms with Crippen LogP contribution in [0.5, 0.6) is 0 Å². The van der Waals surface area contributed by atoms with E-state index in [1.54, 1.807) is 0 Å². The number of hydrogen-bond donors (Lipinski definition) is 3. The molecule has 1 aliphatic rings. The van der Waals surface area contributed by atoms with E-state index in [9.17, 15) is 14.0 Å². The molecule has 0 radical (unpaired) electrons. The van der Waals surface area contributed by atoms with Gasteiger partial charge in [-0.1, -0.05) is 0 Å². The highest BCUT2D eigenvalue weighted by Gasteiger charge is 2.18. The van der Waals surface area contributed by atoms with E-state index in [1.807, 2.05) is 0 Å². The van der Waals surface area contributed by atoms with Gasteiger partial charge in [-0.3, -0.25) is 9.59 Å². The fourth-order valence-corrected chi connectivity index (χ4v) is 1.95. The predicted molar refractivity (Wildman–Crippen MR) is 78.0 cm³/mol. The van der Waals surface area contributed by atoms with Crippen molar-refractivity contribution in [1.82, 2.24) is 5.32 Å². The SMILES string of the molecule is Cl.NC(=O)c1ccc(F)c(NC(=O)CC2COCCN2)c1. The van der Waals surface area contributed by atoms with E-state index < -0.39 is 11.7 Å². The molecular formula is C13H17ClFN3O3. The summed E-state index contributed by atoms with van der Waals surface area (Å²) in [5, 5.41) is 5.56. The molecule has 8 heteroatoms. The molecule has 0 bridgehead atoms. The number of carbonyl (C=O) groups excluding carboxylic acids is 2. The molecule has 1 saturated heterocycles. The van der Waals surface area contributed by atoms with E-state index in [-0.39, 0.29) is 42.0 Å². The van der Waals surface area contributed by atoms with E-state index in [0.717, 1.165) is 6.07 Å². The largest absolute Gasteiger partial charge is 0.378 e. The van der Waals surface area contributed by atoms with Gasteiger partial charge in [-0.25, -0.2) is 4.39 Å². The van der Waals surface area contributed by atoms with Crippen molar-refractivity contribution in [3.05, 3.63) is 29.6 Å². The van der Waals surface area contributed by atoms with Gasteiger partial charge in [-0.2, -0.15) is 0 Å². The molecule has 1 aromatic rings. The molecule has 1 fully saturated rings. The lowest BCUT2D eigenvalue weighted by Gasteiger charge is -2.23. The van der Waals surface area contributed by atoms with Crippen LogP contribution in [0.3, 0.4) is 0 Å². The molecule has 2 rings (SSSR count). The van der Waals surface area contributed by atoms with Crippen LogP contribution in [0.4, 0.5) is 10.1 Å². The molecule has 6 nitrogen and oxygen atoms in total. The van der Waals surface area contributed by atoms with Crippen LogP contribution in [-0.2, 0) is 9.53 Å². The highest BCUT2D eigenvalue weighted by Crippen LogP contribution is 2.16. The molecule has 2 amide bonds. The van der Waals surface area contributed by atoms with Crippen LogP contribution in [0.2, 0.25) is 0 Å². The van der Waals surface area contributed by atoms with Gasteiger partial charge < -0.3 is 21.1 Å². The molecule has 0 aromatic heterocycles. The Morgan fingerprint density at radius 1 is 1.48 bits per heavy atom. The molecule has 21 heavy (non-hydrogen) atoms. The predicted octanol–water partition coefficient (Wildman–Crippen LogP) is 0.663. The zero-order valence-electron chi connectivity index (χ0n) is 11.2. The minimum absolute atomic E-state index is 0. The second-order valence-electron chi connectivity index (χ2n) is 4.54. The Morgan fingerprint density at radius 3 is 2.86 bits per heavy atom. The molecule has 0 aliphatic carbocycles. The smallest absolute Gasteiger partial charge is 0.248 e. The maximum Gasteiger partial charge on any atom is 0.248 e. The van der Waals surface area contributed by atoms with Crippen LogP contribution < -0.4 is 16.4 Å². The first-order valence-corrected chi connectivity index (χ1v) is 6.26. The van der Waals surface area contributed by atoms with E-state index in [0.29, 0.717) is 19.8 Å². The number of morpholine rings is 1. The molecule has 1 aliphatic heterocycles. The molecule has 4 N–H and O–H groups in total. The summed E-state index contributed by atoms with van der Waals surface area (Å²) in [7, 11) is 0. The lowest BCUT2D eigenvalue weighted by atomic mass is 10.1. The number of amides is 2. The fraction of sp³-hybridized carbons (Fsp3) is 0.385. The number of ether oxygens (including phenoxy) is 1. The fourth-order valence-electron chi connectivity index (χ4n) is 1.95. The van der Waals surface area contributed by atoms with Crippen LogP contribution in [0.15, 0.2) is 18.2 Å². The molecule has 1 atom stereocenters. The van der Waals surface area contributed by atoms with Crippen molar-refractivity contribution in [2.24, 2.45) is 5.73 Å². The Bertz CT molecular complexity index is 521. The number of primary amides is 1. The summed E-state index contributed by atoms with van der Waals surface area (Å²) in [5.41, 5.74) is 5.20. The van der Waals surface area contributed by atoms with Crippen LogP contribution in [-0.4, -0.2) is 37.6 Å². The van der Waals surface area contributed by atoms with Gasteiger partial charge in [0.25, 0.3) is 0 Å². The average Bonchev–Trinajstić information content (AvgIpc) is 2.42. The third-order valence-electron chi connectivity index (χ3n) is 2.96. The third kappa shape index (κ3) is 4.96. The van der Waals surface area contributed by atoms with Crippen LogP contribution in [0.25, 0.3) is 0 Å². The Balaban J connectivity index is 0.00000220. The second-order valence-corrected chi connectivity index (χ2v) is 4.54.